The van der Waals surface area contributed by atoms with E-state index in [2.05, 4.69) is 5.32 Å². The van der Waals surface area contributed by atoms with E-state index in [0.29, 0.717) is 16.7 Å². The highest BCUT2D eigenvalue weighted by Gasteiger charge is 2.42. The second-order valence-corrected chi connectivity index (χ2v) is 8.63. The van der Waals surface area contributed by atoms with Crippen molar-refractivity contribution >= 4 is 23.6 Å². The van der Waals surface area contributed by atoms with Crippen LogP contribution >= 0.6 is 0 Å². The number of non-ortho nitro benzene ring substituents is 1. The topological polar surface area (TPSA) is 154 Å². The Morgan fingerprint density at radius 1 is 1.05 bits per heavy atom. The number of allylic oxidation sites excluding steroid dienone is 1. The smallest absolute Gasteiger partial charge is 0.336 e. The molecule has 0 saturated carbocycles. The summed E-state index contributed by atoms with van der Waals surface area (Å²) in [5.74, 6) is -4.02. The minimum absolute atomic E-state index is 0.00592. The van der Waals surface area contributed by atoms with Crippen molar-refractivity contribution in [2.45, 2.75) is 25.3 Å². The van der Waals surface area contributed by atoms with E-state index >= 15 is 0 Å². The molecule has 0 bridgehead atoms. The first kappa shape index (κ1) is 27.9. The number of aromatic hydroxyl groups is 1. The summed E-state index contributed by atoms with van der Waals surface area (Å²) in [6.45, 7) is 1.66. The lowest BCUT2D eigenvalue weighted by molar-refractivity contribution is -0.384. The van der Waals surface area contributed by atoms with Crippen LogP contribution in [0.3, 0.4) is 0 Å². The molecule has 0 radical (unpaired) electrons. The Hall–Kier alpha value is -4.67. The molecule has 200 valence electrons. The fourth-order valence-electron chi connectivity index (χ4n) is 4.49. The molecule has 0 saturated heterocycles. The maximum atomic E-state index is 13.2. The minimum Gasteiger partial charge on any atom is -0.508 e. The summed E-state index contributed by atoms with van der Waals surface area (Å²) < 4.78 is 15.0. The number of nitro benzene ring substituents is 1. The van der Waals surface area contributed by atoms with Crippen molar-refractivity contribution in [2.24, 2.45) is 5.92 Å². The first-order valence-electron chi connectivity index (χ1n) is 11.6. The molecule has 11 nitrogen and oxygen atoms in total. The van der Waals surface area contributed by atoms with Crippen LogP contribution in [0.2, 0.25) is 0 Å². The third kappa shape index (κ3) is 6.00. The third-order valence-corrected chi connectivity index (χ3v) is 6.29. The fraction of sp³-hybridized carbons (Fsp3) is 0.296. The molecule has 11 heteroatoms. The molecule has 38 heavy (non-hydrogen) atoms. The second-order valence-electron chi connectivity index (χ2n) is 8.63. The lowest BCUT2D eigenvalue weighted by Gasteiger charge is -2.33. The summed E-state index contributed by atoms with van der Waals surface area (Å²) in [5.41, 5.74) is 1.47. The molecule has 3 atom stereocenters. The zero-order valence-electron chi connectivity index (χ0n) is 21.3. The molecule has 2 N–H and O–H groups in total. The summed E-state index contributed by atoms with van der Waals surface area (Å²) in [5, 5.41) is 24.1. The molecule has 2 aromatic rings. The van der Waals surface area contributed by atoms with Crippen molar-refractivity contribution in [1.82, 2.24) is 5.32 Å². The predicted molar refractivity (Wildman–Crippen MR) is 135 cm³/mol. The number of ether oxygens (including phenoxy) is 3. The fourth-order valence-corrected chi connectivity index (χ4v) is 4.49. The number of hydrogen-bond donors (Lipinski definition) is 2. The molecule has 3 rings (SSSR count). The number of benzene rings is 2. The van der Waals surface area contributed by atoms with Gasteiger partial charge in [0.05, 0.1) is 37.7 Å². The van der Waals surface area contributed by atoms with Crippen LogP contribution in [-0.2, 0) is 35.0 Å². The number of nitrogens with one attached hydrogen (secondary N) is 1. The number of carbonyl (C=O) groups is 3. The summed E-state index contributed by atoms with van der Waals surface area (Å²) in [6, 6.07) is 10.9. The van der Waals surface area contributed by atoms with Gasteiger partial charge in [-0.15, -0.1) is 0 Å². The van der Waals surface area contributed by atoms with Gasteiger partial charge in [0.2, 0.25) is 0 Å². The normalized spacial score (nSPS) is 17.6. The number of phenols is 1. The quantitative estimate of drug-likeness (QED) is 0.217. The van der Waals surface area contributed by atoms with Gasteiger partial charge in [0.25, 0.3) is 5.69 Å². The van der Waals surface area contributed by atoms with Gasteiger partial charge in [-0.2, -0.15) is 0 Å². The van der Waals surface area contributed by atoms with Crippen LogP contribution in [0.1, 0.15) is 24.0 Å². The van der Waals surface area contributed by atoms with E-state index in [4.69, 9.17) is 14.2 Å². The van der Waals surface area contributed by atoms with Crippen molar-refractivity contribution in [2.75, 3.05) is 21.3 Å². The van der Waals surface area contributed by atoms with Gasteiger partial charge in [-0.1, -0.05) is 29.8 Å². The van der Waals surface area contributed by atoms with Gasteiger partial charge in [-0.05, 0) is 36.3 Å². The Kier molecular flexibility index (Phi) is 8.85. The van der Waals surface area contributed by atoms with E-state index < -0.39 is 40.7 Å². The average Bonchev–Trinajstić information content (AvgIpc) is 2.92. The lowest BCUT2D eigenvalue weighted by atomic mass is 9.72. The molecule has 0 heterocycles. The maximum absolute atomic E-state index is 13.2. The van der Waals surface area contributed by atoms with Gasteiger partial charge in [-0.25, -0.2) is 9.59 Å². The van der Waals surface area contributed by atoms with E-state index in [0.717, 1.165) is 0 Å². The van der Waals surface area contributed by atoms with Crippen LogP contribution < -0.4 is 5.32 Å². The van der Waals surface area contributed by atoms with Crippen LogP contribution in [0, 0.1) is 16.0 Å². The van der Waals surface area contributed by atoms with Crippen LogP contribution in [0.5, 0.6) is 5.75 Å². The van der Waals surface area contributed by atoms with Gasteiger partial charge in [0, 0.05) is 30.2 Å². The number of nitrogens with zero attached hydrogens (tertiary/aromatic N) is 1. The number of rotatable bonds is 9. The van der Waals surface area contributed by atoms with Crippen LogP contribution in [-0.4, -0.2) is 55.3 Å². The number of nitro groups is 1. The van der Waals surface area contributed by atoms with Gasteiger partial charge < -0.3 is 24.6 Å². The van der Waals surface area contributed by atoms with Crippen molar-refractivity contribution < 1.29 is 38.6 Å². The van der Waals surface area contributed by atoms with E-state index in [1.165, 1.54) is 51.7 Å². The SMILES string of the molecule is COC(=O)C1=C(N[C@@H](Cc2ccc(O)cc2)C(=O)OC)C=C(C)[C@@H](C(=O)OC)[C@@H]1c1cccc([N+](=O)[O-])c1. The maximum Gasteiger partial charge on any atom is 0.336 e. The molecule has 0 aromatic heterocycles. The second kappa shape index (κ2) is 12.0. The largest absolute Gasteiger partial charge is 0.508 e. The van der Waals surface area contributed by atoms with Crippen LogP contribution in [0.4, 0.5) is 5.69 Å². The Bertz CT molecular complexity index is 1300. The van der Waals surface area contributed by atoms with E-state index in [1.54, 1.807) is 31.2 Å². The molecule has 1 aliphatic carbocycles. The first-order chi connectivity index (χ1) is 18.1. The van der Waals surface area contributed by atoms with E-state index in [-0.39, 0.29) is 29.1 Å². The third-order valence-electron chi connectivity index (χ3n) is 6.29. The highest BCUT2D eigenvalue weighted by Crippen LogP contribution is 2.43. The molecular formula is C27H28N2O9. The van der Waals surface area contributed by atoms with Crippen molar-refractivity contribution in [3.8, 4) is 5.75 Å². The Balaban J connectivity index is 2.19. The van der Waals surface area contributed by atoms with Crippen molar-refractivity contribution in [3.63, 3.8) is 0 Å². The summed E-state index contributed by atoms with van der Waals surface area (Å²) in [7, 11) is 3.61. The molecule has 1 aliphatic rings. The van der Waals surface area contributed by atoms with Gasteiger partial charge in [0.1, 0.15) is 11.8 Å². The zero-order valence-corrected chi connectivity index (χ0v) is 21.3. The summed E-state index contributed by atoms with van der Waals surface area (Å²) in [4.78, 5) is 49.7. The molecule has 0 aliphatic heterocycles. The highest BCUT2D eigenvalue weighted by atomic mass is 16.6. The molecular weight excluding hydrogens is 496 g/mol. The standard InChI is InChI=1S/C27H28N2O9/c1-15-12-20(28-21(25(31)36-2)13-16-8-10-19(30)11-9-16)24(27(33)38-4)23(22(15)26(32)37-3)17-6-5-7-18(14-17)29(34)35/h5-12,14,21-23,28,30H,13H2,1-4H3/t21-,22+,23-/m0/s1. The molecule has 2 aromatic carbocycles. The Labute approximate surface area is 218 Å². The number of carbonyl (C=O) groups excluding carboxylic acids is 3. The highest BCUT2D eigenvalue weighted by molar-refractivity contribution is 5.95. The van der Waals surface area contributed by atoms with Gasteiger partial charge in [-0.3, -0.25) is 14.9 Å². The van der Waals surface area contributed by atoms with E-state index in [9.17, 15) is 29.6 Å². The molecule has 0 amide bonds. The van der Waals surface area contributed by atoms with Crippen molar-refractivity contribution in [1.29, 1.82) is 0 Å². The number of esters is 3. The Morgan fingerprint density at radius 3 is 2.32 bits per heavy atom. The summed E-state index contributed by atoms with van der Waals surface area (Å²) >= 11 is 0. The summed E-state index contributed by atoms with van der Waals surface area (Å²) in [6.07, 6.45) is 1.69. The van der Waals surface area contributed by atoms with Crippen LogP contribution in [0.15, 0.2) is 71.5 Å². The van der Waals surface area contributed by atoms with Crippen LogP contribution in [0.25, 0.3) is 0 Å². The van der Waals surface area contributed by atoms with Gasteiger partial charge >= 0.3 is 17.9 Å². The zero-order chi connectivity index (χ0) is 28.0. The number of phenolic OH excluding ortho intramolecular Hbond substituents is 1. The molecule has 0 unspecified atom stereocenters. The van der Waals surface area contributed by atoms with Crippen molar-refractivity contribution in [3.05, 3.63) is 92.7 Å². The number of methoxy groups -OCH3 is 3. The average molecular weight is 525 g/mol. The van der Waals surface area contributed by atoms with Gasteiger partial charge in [0.15, 0.2) is 0 Å². The minimum atomic E-state index is -1.02. The lowest BCUT2D eigenvalue weighted by Crippen LogP contribution is -2.42. The molecule has 0 fully saturated rings. The Morgan fingerprint density at radius 2 is 1.74 bits per heavy atom. The monoisotopic (exact) mass is 524 g/mol. The first-order valence-corrected chi connectivity index (χ1v) is 11.6. The number of hydrogen-bond acceptors (Lipinski definition) is 10. The molecule has 0 spiro atoms. The van der Waals surface area contributed by atoms with E-state index in [1.807, 2.05) is 0 Å². The predicted octanol–water partition coefficient (Wildman–Crippen LogP) is 2.93.